The monoisotopic (exact) mass is 379 g/mol. The zero-order valence-corrected chi connectivity index (χ0v) is 16.2. The number of nitrogens with zero attached hydrogens (tertiary/aromatic N) is 2. The first-order chi connectivity index (χ1) is 13.3. The van der Waals surface area contributed by atoms with Crippen LogP contribution in [0.4, 0.5) is 5.88 Å². The van der Waals surface area contributed by atoms with Gasteiger partial charge in [0.25, 0.3) is 11.8 Å². The quantitative estimate of drug-likeness (QED) is 0.802. The fourth-order valence-corrected chi connectivity index (χ4v) is 3.31. The van der Waals surface area contributed by atoms with Crippen molar-refractivity contribution >= 4 is 23.6 Å². The molecular formula is C21H21N3O4. The number of imide groups is 1. The SMILES string of the molecule is Cc1oc(NC(=O)C(CC(C)C)N2C(=O)c3ccccc3C2=O)c(C#N)c1C. The van der Waals surface area contributed by atoms with Crippen molar-refractivity contribution in [2.24, 2.45) is 5.92 Å². The molecule has 28 heavy (non-hydrogen) atoms. The molecular weight excluding hydrogens is 358 g/mol. The molecule has 3 rings (SSSR count). The number of hydrogen-bond donors (Lipinski definition) is 1. The largest absolute Gasteiger partial charge is 0.444 e. The molecule has 2 aromatic rings. The van der Waals surface area contributed by atoms with Crippen molar-refractivity contribution in [3.8, 4) is 6.07 Å². The van der Waals surface area contributed by atoms with Gasteiger partial charge in [-0.15, -0.1) is 0 Å². The maximum absolute atomic E-state index is 13.0. The average Bonchev–Trinajstić information content (AvgIpc) is 3.06. The Morgan fingerprint density at radius 3 is 2.25 bits per heavy atom. The van der Waals surface area contributed by atoms with Gasteiger partial charge in [-0.25, -0.2) is 0 Å². The Kier molecular flexibility index (Phi) is 5.06. The minimum Gasteiger partial charge on any atom is -0.444 e. The van der Waals surface area contributed by atoms with Gasteiger partial charge in [-0.2, -0.15) is 5.26 Å². The van der Waals surface area contributed by atoms with Gasteiger partial charge in [0.05, 0.1) is 11.1 Å². The van der Waals surface area contributed by atoms with E-state index in [1.165, 1.54) is 0 Å². The summed E-state index contributed by atoms with van der Waals surface area (Å²) in [6.45, 7) is 7.23. The zero-order valence-electron chi connectivity index (χ0n) is 16.2. The van der Waals surface area contributed by atoms with E-state index in [0.717, 1.165) is 4.90 Å². The lowest BCUT2D eigenvalue weighted by molar-refractivity contribution is -0.120. The topological polar surface area (TPSA) is 103 Å². The van der Waals surface area contributed by atoms with Crippen LogP contribution in [0.25, 0.3) is 0 Å². The lowest BCUT2D eigenvalue weighted by Gasteiger charge is -2.26. The number of carbonyl (C=O) groups is 3. The highest BCUT2D eigenvalue weighted by molar-refractivity contribution is 6.23. The lowest BCUT2D eigenvalue weighted by Crippen LogP contribution is -2.48. The zero-order chi connectivity index (χ0) is 20.6. The third kappa shape index (κ3) is 3.18. The summed E-state index contributed by atoms with van der Waals surface area (Å²) in [5.41, 5.74) is 1.45. The molecule has 0 bridgehead atoms. The third-order valence-corrected chi connectivity index (χ3v) is 4.87. The fraction of sp³-hybridized carbons (Fsp3) is 0.333. The van der Waals surface area contributed by atoms with E-state index in [-0.39, 0.29) is 34.9 Å². The molecule has 1 unspecified atom stereocenters. The number of benzene rings is 1. The van der Waals surface area contributed by atoms with Crippen LogP contribution in [0, 0.1) is 31.1 Å². The third-order valence-electron chi connectivity index (χ3n) is 4.87. The molecule has 0 saturated carbocycles. The molecule has 7 heteroatoms. The Hall–Kier alpha value is -3.40. The summed E-state index contributed by atoms with van der Waals surface area (Å²) in [5, 5.41) is 11.9. The molecule has 144 valence electrons. The van der Waals surface area contributed by atoms with Crippen molar-refractivity contribution in [2.45, 2.75) is 40.2 Å². The van der Waals surface area contributed by atoms with Gasteiger partial charge in [-0.3, -0.25) is 24.6 Å². The van der Waals surface area contributed by atoms with Crippen molar-refractivity contribution in [3.05, 3.63) is 52.3 Å². The molecule has 2 heterocycles. The molecule has 1 atom stereocenters. The predicted octanol–water partition coefficient (Wildman–Crippen LogP) is 3.42. The number of fused-ring (bicyclic) bond motifs is 1. The van der Waals surface area contributed by atoms with E-state index >= 15 is 0 Å². The van der Waals surface area contributed by atoms with E-state index in [2.05, 4.69) is 5.32 Å². The molecule has 0 fully saturated rings. The molecule has 1 aliphatic heterocycles. The smallest absolute Gasteiger partial charge is 0.262 e. The Labute approximate surface area is 162 Å². The van der Waals surface area contributed by atoms with Gasteiger partial charge >= 0.3 is 0 Å². The molecule has 1 aromatic carbocycles. The molecule has 1 aliphatic rings. The van der Waals surface area contributed by atoms with Crippen LogP contribution in [0.2, 0.25) is 0 Å². The van der Waals surface area contributed by atoms with Crippen molar-refractivity contribution in [2.75, 3.05) is 5.32 Å². The van der Waals surface area contributed by atoms with Crippen LogP contribution in [0.15, 0.2) is 28.7 Å². The summed E-state index contributed by atoms with van der Waals surface area (Å²) >= 11 is 0. The van der Waals surface area contributed by atoms with Gasteiger partial charge in [0.15, 0.2) is 0 Å². The van der Waals surface area contributed by atoms with Crippen molar-refractivity contribution in [3.63, 3.8) is 0 Å². The summed E-state index contributed by atoms with van der Waals surface area (Å²) in [7, 11) is 0. The van der Waals surface area contributed by atoms with Gasteiger partial charge in [-0.1, -0.05) is 26.0 Å². The first kappa shape index (κ1) is 19.4. The second-order valence-corrected chi connectivity index (χ2v) is 7.26. The molecule has 0 saturated heterocycles. The minimum atomic E-state index is -1.01. The maximum atomic E-state index is 13.0. The van der Waals surface area contributed by atoms with Crippen LogP contribution in [0.5, 0.6) is 0 Å². The lowest BCUT2D eigenvalue weighted by atomic mass is 10.0. The molecule has 1 aromatic heterocycles. The fourth-order valence-electron chi connectivity index (χ4n) is 3.31. The molecule has 0 radical (unpaired) electrons. The number of anilines is 1. The highest BCUT2D eigenvalue weighted by atomic mass is 16.4. The first-order valence-corrected chi connectivity index (χ1v) is 9.04. The van der Waals surface area contributed by atoms with Crippen LogP contribution < -0.4 is 5.32 Å². The van der Waals surface area contributed by atoms with Crippen LogP contribution in [0.3, 0.4) is 0 Å². The number of hydrogen-bond acceptors (Lipinski definition) is 5. The van der Waals surface area contributed by atoms with E-state index in [1.54, 1.807) is 38.1 Å². The Morgan fingerprint density at radius 1 is 1.18 bits per heavy atom. The first-order valence-electron chi connectivity index (χ1n) is 9.04. The normalized spacial score (nSPS) is 14.2. The number of aryl methyl sites for hydroxylation is 1. The highest BCUT2D eigenvalue weighted by Gasteiger charge is 2.43. The number of carbonyl (C=O) groups excluding carboxylic acids is 3. The number of nitriles is 1. The van der Waals surface area contributed by atoms with Gasteiger partial charge in [0.2, 0.25) is 11.8 Å². The Morgan fingerprint density at radius 2 is 1.75 bits per heavy atom. The van der Waals surface area contributed by atoms with E-state index in [4.69, 9.17) is 4.42 Å². The molecule has 3 amide bonds. The summed E-state index contributed by atoms with van der Waals surface area (Å²) in [5.74, 6) is -0.938. The number of furan rings is 1. The average molecular weight is 379 g/mol. The van der Waals surface area contributed by atoms with Crippen LogP contribution >= 0.6 is 0 Å². The van der Waals surface area contributed by atoms with Gasteiger partial charge < -0.3 is 4.42 Å². The standard InChI is InChI=1S/C21H21N3O4/c1-11(2)9-17(18(25)23-19-16(10-22)12(3)13(4)28-19)24-20(26)14-7-5-6-8-15(14)21(24)27/h5-8,11,17H,9H2,1-4H3,(H,23,25). The molecule has 7 nitrogen and oxygen atoms in total. The minimum absolute atomic E-state index is 0.0351. The van der Waals surface area contributed by atoms with Crippen molar-refractivity contribution < 1.29 is 18.8 Å². The van der Waals surface area contributed by atoms with Gasteiger partial charge in [-0.05, 0) is 38.3 Å². The Bertz CT molecular complexity index is 978. The summed E-state index contributed by atoms with van der Waals surface area (Å²) < 4.78 is 5.50. The predicted molar refractivity (Wildman–Crippen MR) is 102 cm³/mol. The molecule has 0 spiro atoms. The number of amides is 3. The number of rotatable bonds is 5. The van der Waals surface area contributed by atoms with Crippen LogP contribution in [-0.4, -0.2) is 28.7 Å². The van der Waals surface area contributed by atoms with E-state index in [1.807, 2.05) is 19.9 Å². The second kappa shape index (κ2) is 7.31. The van der Waals surface area contributed by atoms with Crippen LogP contribution in [-0.2, 0) is 4.79 Å². The van der Waals surface area contributed by atoms with Crippen molar-refractivity contribution in [1.82, 2.24) is 4.90 Å². The summed E-state index contributed by atoms with van der Waals surface area (Å²) in [4.78, 5) is 39.7. The number of nitrogens with one attached hydrogen (secondary N) is 1. The second-order valence-electron chi connectivity index (χ2n) is 7.26. The highest BCUT2D eigenvalue weighted by Crippen LogP contribution is 2.29. The van der Waals surface area contributed by atoms with Crippen molar-refractivity contribution in [1.29, 1.82) is 5.26 Å². The summed E-state index contributed by atoms with van der Waals surface area (Å²) in [6, 6.07) is 7.52. The molecule has 1 N–H and O–H groups in total. The molecule has 0 aliphatic carbocycles. The van der Waals surface area contributed by atoms with Gasteiger partial charge in [0, 0.05) is 5.56 Å². The Balaban J connectivity index is 1.95. The summed E-state index contributed by atoms with van der Waals surface area (Å²) in [6.07, 6.45) is 0.290. The van der Waals surface area contributed by atoms with Gasteiger partial charge in [0.1, 0.15) is 23.4 Å². The maximum Gasteiger partial charge on any atom is 0.262 e. The van der Waals surface area contributed by atoms with E-state index in [0.29, 0.717) is 11.3 Å². The van der Waals surface area contributed by atoms with E-state index in [9.17, 15) is 19.6 Å². The van der Waals surface area contributed by atoms with E-state index < -0.39 is 23.8 Å². The van der Waals surface area contributed by atoms with Crippen LogP contribution in [0.1, 0.15) is 57.9 Å².